The molecule has 0 bridgehead atoms. The van der Waals surface area contributed by atoms with Gasteiger partial charge in [0.25, 0.3) is 0 Å². The van der Waals surface area contributed by atoms with Crippen LogP contribution in [0.4, 0.5) is 11.9 Å². The highest BCUT2D eigenvalue weighted by Crippen LogP contribution is 2.19. The standard InChI is InChI=1S/C14H20ClN5/c1-3-8-11(4-2)16-13-17-12(15)18-14(19-13)20-9-6-5-7-10-20/h1,11H,4-10H2,2H3,(H,16,17,18,19). The molecular weight excluding hydrogens is 274 g/mol. The van der Waals surface area contributed by atoms with Crippen LogP contribution < -0.4 is 10.2 Å². The highest BCUT2D eigenvalue weighted by molar-refractivity contribution is 6.28. The molecule has 0 aromatic carbocycles. The van der Waals surface area contributed by atoms with Crippen molar-refractivity contribution in [3.8, 4) is 12.3 Å². The molecule has 0 amide bonds. The lowest BCUT2D eigenvalue weighted by atomic mass is 10.1. The van der Waals surface area contributed by atoms with E-state index in [2.05, 4.69) is 38.0 Å². The molecule has 1 aromatic heterocycles. The van der Waals surface area contributed by atoms with Crippen molar-refractivity contribution in [2.45, 2.75) is 45.1 Å². The molecule has 0 spiro atoms. The third kappa shape index (κ3) is 3.97. The fraction of sp³-hybridized carbons (Fsp3) is 0.643. The van der Waals surface area contributed by atoms with Crippen LogP contribution in [-0.2, 0) is 0 Å². The lowest BCUT2D eigenvalue weighted by Gasteiger charge is -2.27. The van der Waals surface area contributed by atoms with Gasteiger partial charge < -0.3 is 10.2 Å². The maximum absolute atomic E-state index is 6.00. The second-order valence-electron chi connectivity index (χ2n) is 4.93. The molecule has 1 aliphatic rings. The van der Waals surface area contributed by atoms with E-state index in [1.54, 1.807) is 0 Å². The number of anilines is 2. The maximum Gasteiger partial charge on any atom is 0.231 e. The Morgan fingerprint density at radius 3 is 2.70 bits per heavy atom. The van der Waals surface area contributed by atoms with Crippen molar-refractivity contribution in [1.82, 2.24) is 15.0 Å². The average molecular weight is 294 g/mol. The molecule has 2 heterocycles. The first-order chi connectivity index (χ1) is 9.72. The molecule has 1 aromatic rings. The minimum atomic E-state index is 0.160. The Morgan fingerprint density at radius 2 is 2.05 bits per heavy atom. The second-order valence-corrected chi connectivity index (χ2v) is 5.27. The molecule has 20 heavy (non-hydrogen) atoms. The van der Waals surface area contributed by atoms with E-state index in [-0.39, 0.29) is 11.3 Å². The average Bonchev–Trinajstić information content (AvgIpc) is 2.47. The molecule has 6 heteroatoms. The Hall–Kier alpha value is -1.54. The van der Waals surface area contributed by atoms with E-state index in [1.165, 1.54) is 19.3 Å². The Bertz CT molecular complexity index is 479. The predicted octanol–water partition coefficient (Wildman–Crippen LogP) is 2.73. The first-order valence-corrected chi connectivity index (χ1v) is 7.47. The first kappa shape index (κ1) is 14.9. The third-order valence-corrected chi connectivity index (χ3v) is 3.59. The van der Waals surface area contributed by atoms with Crippen LogP contribution in [0.5, 0.6) is 0 Å². The minimum Gasteiger partial charge on any atom is -0.350 e. The third-order valence-electron chi connectivity index (χ3n) is 3.43. The first-order valence-electron chi connectivity index (χ1n) is 7.09. The van der Waals surface area contributed by atoms with Crippen molar-refractivity contribution >= 4 is 23.5 Å². The van der Waals surface area contributed by atoms with Gasteiger partial charge in [0.1, 0.15) is 0 Å². The summed E-state index contributed by atoms with van der Waals surface area (Å²) in [5, 5.41) is 3.46. The number of rotatable bonds is 5. The largest absolute Gasteiger partial charge is 0.350 e. The molecule has 0 aliphatic carbocycles. The highest BCUT2D eigenvalue weighted by Gasteiger charge is 2.16. The Balaban J connectivity index is 2.13. The Kier molecular flexibility index (Phi) is 5.42. The van der Waals surface area contributed by atoms with Crippen molar-refractivity contribution < 1.29 is 0 Å². The van der Waals surface area contributed by atoms with E-state index in [0.29, 0.717) is 18.3 Å². The summed E-state index contributed by atoms with van der Waals surface area (Å²) in [5.41, 5.74) is 0. The Morgan fingerprint density at radius 1 is 1.30 bits per heavy atom. The predicted molar refractivity (Wildman–Crippen MR) is 82.1 cm³/mol. The van der Waals surface area contributed by atoms with Crippen LogP contribution in [0.2, 0.25) is 5.28 Å². The fourth-order valence-corrected chi connectivity index (χ4v) is 2.42. The summed E-state index contributed by atoms with van der Waals surface area (Å²) in [7, 11) is 0. The van der Waals surface area contributed by atoms with E-state index >= 15 is 0 Å². The van der Waals surface area contributed by atoms with Gasteiger partial charge in [0.2, 0.25) is 17.2 Å². The van der Waals surface area contributed by atoms with Crippen LogP contribution in [0.3, 0.4) is 0 Å². The zero-order chi connectivity index (χ0) is 14.4. The van der Waals surface area contributed by atoms with Crippen molar-refractivity contribution in [2.75, 3.05) is 23.3 Å². The lowest BCUT2D eigenvalue weighted by molar-refractivity contribution is 0.567. The van der Waals surface area contributed by atoms with Crippen LogP contribution in [0, 0.1) is 12.3 Å². The molecule has 1 aliphatic heterocycles. The van der Waals surface area contributed by atoms with Crippen LogP contribution in [0.15, 0.2) is 0 Å². The van der Waals surface area contributed by atoms with Gasteiger partial charge in [-0.25, -0.2) is 0 Å². The zero-order valence-corrected chi connectivity index (χ0v) is 12.5. The van der Waals surface area contributed by atoms with Crippen molar-refractivity contribution in [1.29, 1.82) is 0 Å². The molecule has 1 saturated heterocycles. The van der Waals surface area contributed by atoms with Gasteiger partial charge in [0, 0.05) is 25.6 Å². The SMILES string of the molecule is C#CCC(CC)Nc1nc(Cl)nc(N2CCCCC2)n1. The summed E-state index contributed by atoms with van der Waals surface area (Å²) in [4.78, 5) is 15.0. The topological polar surface area (TPSA) is 53.9 Å². The number of nitrogens with zero attached hydrogens (tertiary/aromatic N) is 4. The summed E-state index contributed by atoms with van der Waals surface area (Å²) in [5.74, 6) is 3.82. The molecule has 2 rings (SSSR count). The zero-order valence-electron chi connectivity index (χ0n) is 11.8. The van der Waals surface area contributed by atoms with Crippen LogP contribution in [0.25, 0.3) is 0 Å². The molecule has 0 radical (unpaired) electrons. The van der Waals surface area contributed by atoms with Crippen LogP contribution >= 0.6 is 11.6 Å². The van der Waals surface area contributed by atoms with E-state index in [1.807, 2.05) is 0 Å². The number of piperidine rings is 1. The molecular formula is C14H20ClN5. The number of aromatic nitrogens is 3. The summed E-state index contributed by atoms with van der Waals surface area (Å²) >= 11 is 6.00. The fourth-order valence-electron chi connectivity index (χ4n) is 2.26. The van der Waals surface area contributed by atoms with Gasteiger partial charge in [-0.1, -0.05) is 6.92 Å². The summed E-state index contributed by atoms with van der Waals surface area (Å²) < 4.78 is 0. The molecule has 1 unspecified atom stereocenters. The molecule has 108 valence electrons. The van der Waals surface area contributed by atoms with Gasteiger partial charge in [-0.2, -0.15) is 15.0 Å². The van der Waals surface area contributed by atoms with Crippen LogP contribution in [0.1, 0.15) is 39.0 Å². The van der Waals surface area contributed by atoms with Gasteiger partial charge >= 0.3 is 0 Å². The van der Waals surface area contributed by atoms with Crippen molar-refractivity contribution in [3.63, 3.8) is 0 Å². The summed E-state index contributed by atoms with van der Waals surface area (Å²) in [6.07, 6.45) is 10.5. The van der Waals surface area contributed by atoms with E-state index in [9.17, 15) is 0 Å². The summed E-state index contributed by atoms with van der Waals surface area (Å²) in [6.45, 7) is 4.02. The van der Waals surface area contributed by atoms with E-state index < -0.39 is 0 Å². The lowest BCUT2D eigenvalue weighted by Crippen LogP contribution is -2.31. The number of nitrogens with one attached hydrogen (secondary N) is 1. The monoisotopic (exact) mass is 293 g/mol. The minimum absolute atomic E-state index is 0.160. The van der Waals surface area contributed by atoms with Gasteiger partial charge in [0.15, 0.2) is 0 Å². The molecule has 5 nitrogen and oxygen atoms in total. The quantitative estimate of drug-likeness (QED) is 0.846. The number of hydrogen-bond donors (Lipinski definition) is 1. The van der Waals surface area contributed by atoms with Gasteiger partial charge in [-0.05, 0) is 37.3 Å². The molecule has 1 N–H and O–H groups in total. The van der Waals surface area contributed by atoms with Gasteiger partial charge in [0.05, 0.1) is 0 Å². The molecule has 0 saturated carbocycles. The normalized spacial score (nSPS) is 16.6. The molecule has 1 atom stereocenters. The van der Waals surface area contributed by atoms with E-state index in [4.69, 9.17) is 18.0 Å². The number of halogens is 1. The highest BCUT2D eigenvalue weighted by atomic mass is 35.5. The van der Waals surface area contributed by atoms with Crippen LogP contribution in [-0.4, -0.2) is 34.1 Å². The summed E-state index contributed by atoms with van der Waals surface area (Å²) in [6, 6.07) is 0.160. The van der Waals surface area contributed by atoms with E-state index in [0.717, 1.165) is 19.5 Å². The Labute approximate surface area is 125 Å². The smallest absolute Gasteiger partial charge is 0.231 e. The molecule has 1 fully saturated rings. The van der Waals surface area contributed by atoms with Gasteiger partial charge in [-0.15, -0.1) is 12.3 Å². The maximum atomic E-state index is 6.00. The number of terminal acetylenes is 1. The van der Waals surface area contributed by atoms with Gasteiger partial charge in [-0.3, -0.25) is 0 Å². The number of hydrogen-bond acceptors (Lipinski definition) is 5. The van der Waals surface area contributed by atoms with Crippen molar-refractivity contribution in [2.24, 2.45) is 0 Å². The second kappa shape index (κ2) is 7.30. The van der Waals surface area contributed by atoms with Crippen molar-refractivity contribution in [3.05, 3.63) is 5.28 Å².